The summed E-state index contributed by atoms with van der Waals surface area (Å²) in [4.78, 5) is 24.6. The lowest BCUT2D eigenvalue weighted by Gasteiger charge is -2.32. The molecule has 1 fully saturated rings. The Kier molecular flexibility index (Phi) is 4.19. The molecule has 0 unspecified atom stereocenters. The van der Waals surface area contributed by atoms with Gasteiger partial charge in [-0.15, -0.1) is 0 Å². The van der Waals surface area contributed by atoms with Crippen molar-refractivity contribution in [2.75, 3.05) is 26.7 Å². The number of nitro benzene ring substituents is 1. The molecule has 1 saturated heterocycles. The van der Waals surface area contributed by atoms with E-state index >= 15 is 0 Å². The third-order valence-electron chi connectivity index (χ3n) is 3.28. The Bertz CT molecular complexity index is 532. The Labute approximate surface area is 116 Å². The Morgan fingerprint density at radius 2 is 2.30 bits per heavy atom. The highest BCUT2D eigenvalue weighted by molar-refractivity contribution is 5.98. The van der Waals surface area contributed by atoms with Crippen molar-refractivity contribution in [3.8, 4) is 5.75 Å². The highest BCUT2D eigenvalue weighted by Gasteiger charge is 2.27. The minimum atomic E-state index is -0.546. The highest BCUT2D eigenvalue weighted by Crippen LogP contribution is 2.31. The fraction of sp³-hybridized carbons (Fsp3) is 0.462. The van der Waals surface area contributed by atoms with Crippen molar-refractivity contribution in [2.45, 2.75) is 13.0 Å². The number of para-hydroxylation sites is 1. The molecular weight excluding hydrogens is 262 g/mol. The molecule has 2 rings (SSSR count). The van der Waals surface area contributed by atoms with Gasteiger partial charge in [-0.1, -0.05) is 6.07 Å². The maximum Gasteiger partial charge on any atom is 0.311 e. The number of piperazine rings is 1. The van der Waals surface area contributed by atoms with Gasteiger partial charge in [0.05, 0.1) is 17.6 Å². The van der Waals surface area contributed by atoms with Gasteiger partial charge in [-0.3, -0.25) is 14.9 Å². The van der Waals surface area contributed by atoms with Crippen molar-refractivity contribution in [1.29, 1.82) is 0 Å². The maximum atomic E-state index is 12.5. The molecule has 1 amide bonds. The number of rotatable bonds is 3. The third kappa shape index (κ3) is 2.72. The lowest BCUT2D eigenvalue weighted by molar-refractivity contribution is -0.385. The average Bonchev–Trinajstić information content (AvgIpc) is 2.45. The van der Waals surface area contributed by atoms with Crippen molar-refractivity contribution < 1.29 is 14.5 Å². The van der Waals surface area contributed by atoms with E-state index in [9.17, 15) is 14.9 Å². The first-order valence-electron chi connectivity index (χ1n) is 6.38. The molecule has 20 heavy (non-hydrogen) atoms. The fourth-order valence-corrected chi connectivity index (χ4v) is 2.34. The molecule has 7 nitrogen and oxygen atoms in total. The molecule has 0 saturated carbocycles. The van der Waals surface area contributed by atoms with Crippen LogP contribution in [0.5, 0.6) is 5.75 Å². The second-order valence-corrected chi connectivity index (χ2v) is 4.72. The van der Waals surface area contributed by atoms with Crippen LogP contribution in [-0.4, -0.2) is 48.5 Å². The summed E-state index contributed by atoms with van der Waals surface area (Å²) in [5.41, 5.74) is 0.0392. The van der Waals surface area contributed by atoms with Crippen LogP contribution in [0.3, 0.4) is 0 Å². The molecule has 108 valence electrons. The van der Waals surface area contributed by atoms with Gasteiger partial charge < -0.3 is 15.0 Å². The van der Waals surface area contributed by atoms with Crippen LogP contribution >= 0.6 is 0 Å². The lowest BCUT2D eigenvalue weighted by Crippen LogP contribution is -2.51. The summed E-state index contributed by atoms with van der Waals surface area (Å²) in [5.74, 6) is -0.215. The smallest absolute Gasteiger partial charge is 0.311 e. The van der Waals surface area contributed by atoms with Crippen molar-refractivity contribution in [2.24, 2.45) is 0 Å². The predicted octanol–water partition coefficient (Wildman–Crippen LogP) is 1.04. The zero-order chi connectivity index (χ0) is 14.7. The van der Waals surface area contributed by atoms with Crippen LogP contribution in [0.4, 0.5) is 5.69 Å². The second-order valence-electron chi connectivity index (χ2n) is 4.72. The number of nitrogens with one attached hydrogen (secondary N) is 1. The van der Waals surface area contributed by atoms with E-state index in [0.29, 0.717) is 19.6 Å². The van der Waals surface area contributed by atoms with E-state index in [1.54, 1.807) is 11.0 Å². The Morgan fingerprint density at radius 3 is 2.90 bits per heavy atom. The van der Waals surface area contributed by atoms with E-state index in [2.05, 4.69) is 5.32 Å². The summed E-state index contributed by atoms with van der Waals surface area (Å²) < 4.78 is 5.07. The van der Waals surface area contributed by atoms with Gasteiger partial charge in [-0.25, -0.2) is 0 Å². The Hall–Kier alpha value is -2.15. The first-order chi connectivity index (χ1) is 9.54. The number of carbonyl (C=O) groups excluding carboxylic acids is 1. The van der Waals surface area contributed by atoms with Crippen LogP contribution in [0.25, 0.3) is 0 Å². The Morgan fingerprint density at radius 1 is 1.55 bits per heavy atom. The second kappa shape index (κ2) is 5.87. The van der Waals surface area contributed by atoms with E-state index in [0.717, 1.165) is 0 Å². The molecule has 1 heterocycles. The Balaban J connectivity index is 2.34. The molecule has 7 heteroatoms. The van der Waals surface area contributed by atoms with E-state index in [4.69, 9.17) is 4.74 Å². The molecule has 1 aromatic carbocycles. The standard InChI is InChI=1S/C13H17N3O4/c1-9-8-15(7-6-14-9)13(17)10-4-3-5-11(16(18)19)12(10)20-2/h3-5,9,14H,6-8H2,1-2H3/t9-/m1/s1. The highest BCUT2D eigenvalue weighted by atomic mass is 16.6. The van der Waals surface area contributed by atoms with E-state index in [1.807, 2.05) is 6.92 Å². The molecule has 0 bridgehead atoms. The lowest BCUT2D eigenvalue weighted by atomic mass is 10.1. The average molecular weight is 279 g/mol. The van der Waals surface area contributed by atoms with E-state index in [1.165, 1.54) is 19.2 Å². The first kappa shape index (κ1) is 14.3. The van der Waals surface area contributed by atoms with Gasteiger partial charge in [0, 0.05) is 31.7 Å². The molecule has 1 atom stereocenters. The minimum Gasteiger partial charge on any atom is -0.490 e. The number of ether oxygens (including phenoxy) is 1. The van der Waals surface area contributed by atoms with Crippen molar-refractivity contribution in [3.05, 3.63) is 33.9 Å². The van der Waals surface area contributed by atoms with Crippen LogP contribution in [0.15, 0.2) is 18.2 Å². The van der Waals surface area contributed by atoms with Gasteiger partial charge in [-0.2, -0.15) is 0 Å². The van der Waals surface area contributed by atoms with Crippen LogP contribution in [-0.2, 0) is 0 Å². The van der Waals surface area contributed by atoms with Crippen LogP contribution in [0, 0.1) is 10.1 Å². The van der Waals surface area contributed by atoms with E-state index < -0.39 is 4.92 Å². The number of nitro groups is 1. The zero-order valence-corrected chi connectivity index (χ0v) is 11.5. The molecular formula is C13H17N3O4. The number of carbonyl (C=O) groups is 1. The molecule has 0 spiro atoms. The van der Waals surface area contributed by atoms with Crippen molar-refractivity contribution >= 4 is 11.6 Å². The minimum absolute atomic E-state index is 0.0219. The molecule has 1 aliphatic rings. The molecule has 1 aromatic rings. The van der Waals surface area contributed by atoms with Gasteiger partial charge in [0.15, 0.2) is 0 Å². The SMILES string of the molecule is COc1c(C(=O)N2CCN[C@H](C)C2)cccc1[N+](=O)[O-]. The normalized spacial score (nSPS) is 18.7. The van der Waals surface area contributed by atoms with Gasteiger partial charge in [-0.05, 0) is 13.0 Å². The van der Waals surface area contributed by atoms with Crippen molar-refractivity contribution in [1.82, 2.24) is 10.2 Å². The monoisotopic (exact) mass is 279 g/mol. The molecule has 1 aliphatic heterocycles. The van der Waals surface area contributed by atoms with Gasteiger partial charge in [0.25, 0.3) is 5.91 Å². The molecule has 0 aliphatic carbocycles. The van der Waals surface area contributed by atoms with Crippen LogP contribution < -0.4 is 10.1 Å². The maximum absolute atomic E-state index is 12.5. The number of hydrogen-bond donors (Lipinski definition) is 1. The quantitative estimate of drug-likeness (QED) is 0.660. The van der Waals surface area contributed by atoms with Crippen molar-refractivity contribution in [3.63, 3.8) is 0 Å². The molecule has 0 radical (unpaired) electrons. The number of nitrogens with zero attached hydrogens (tertiary/aromatic N) is 2. The van der Waals surface area contributed by atoms with E-state index in [-0.39, 0.29) is 28.9 Å². The number of methoxy groups -OCH3 is 1. The third-order valence-corrected chi connectivity index (χ3v) is 3.28. The molecule has 0 aromatic heterocycles. The largest absolute Gasteiger partial charge is 0.490 e. The molecule has 1 N–H and O–H groups in total. The summed E-state index contributed by atoms with van der Waals surface area (Å²) in [5, 5.41) is 14.2. The first-order valence-corrected chi connectivity index (χ1v) is 6.38. The summed E-state index contributed by atoms with van der Waals surface area (Å²) in [6.45, 7) is 3.86. The topological polar surface area (TPSA) is 84.7 Å². The summed E-state index contributed by atoms with van der Waals surface area (Å²) in [6.07, 6.45) is 0. The zero-order valence-electron chi connectivity index (χ0n) is 11.5. The summed E-state index contributed by atoms with van der Waals surface area (Å²) in [7, 11) is 1.33. The van der Waals surface area contributed by atoms with Gasteiger partial charge >= 0.3 is 5.69 Å². The summed E-state index contributed by atoms with van der Waals surface area (Å²) in [6, 6.07) is 4.59. The number of hydrogen-bond acceptors (Lipinski definition) is 5. The number of benzene rings is 1. The van der Waals surface area contributed by atoms with Gasteiger partial charge in [0.1, 0.15) is 0 Å². The fourth-order valence-electron chi connectivity index (χ4n) is 2.34. The van der Waals surface area contributed by atoms with Crippen LogP contribution in [0.1, 0.15) is 17.3 Å². The number of amides is 1. The van der Waals surface area contributed by atoms with Crippen LogP contribution in [0.2, 0.25) is 0 Å². The predicted molar refractivity (Wildman–Crippen MR) is 73.0 cm³/mol. The summed E-state index contributed by atoms with van der Waals surface area (Å²) >= 11 is 0. The van der Waals surface area contributed by atoms with Gasteiger partial charge in [0.2, 0.25) is 5.75 Å².